The van der Waals surface area contributed by atoms with Gasteiger partial charge in [-0.25, -0.2) is 0 Å². The lowest BCUT2D eigenvalue weighted by Gasteiger charge is -2.13. The van der Waals surface area contributed by atoms with Crippen molar-refractivity contribution in [3.05, 3.63) is 62.6 Å². The summed E-state index contributed by atoms with van der Waals surface area (Å²) < 4.78 is 0. The zero-order valence-electron chi connectivity index (χ0n) is 12.1. The fraction of sp³-hybridized carbons (Fsp3) is 0.125. The molecular formula is C16H13Cl3N2OS. The molecule has 1 amide bonds. The average molecular weight is 388 g/mol. The molecule has 0 spiro atoms. The van der Waals surface area contributed by atoms with Crippen molar-refractivity contribution in [3.8, 4) is 0 Å². The number of halogens is 3. The Morgan fingerprint density at radius 2 is 1.65 bits per heavy atom. The Balaban J connectivity index is 2.05. The summed E-state index contributed by atoms with van der Waals surface area (Å²) in [6.45, 7) is 2.05. The van der Waals surface area contributed by atoms with Crippen LogP contribution in [0, 0.1) is 0 Å². The van der Waals surface area contributed by atoms with E-state index in [2.05, 4.69) is 10.6 Å². The molecule has 2 rings (SSSR count). The van der Waals surface area contributed by atoms with E-state index < -0.39 is 0 Å². The van der Waals surface area contributed by atoms with E-state index in [0.717, 1.165) is 12.0 Å². The zero-order chi connectivity index (χ0) is 17.0. The summed E-state index contributed by atoms with van der Waals surface area (Å²) in [7, 11) is 0. The van der Waals surface area contributed by atoms with Crippen LogP contribution in [-0.2, 0) is 6.42 Å². The summed E-state index contributed by atoms with van der Waals surface area (Å²) in [5, 5.41) is 6.52. The van der Waals surface area contributed by atoms with Gasteiger partial charge in [0, 0.05) is 10.6 Å². The van der Waals surface area contributed by atoms with Crippen LogP contribution in [0.5, 0.6) is 0 Å². The quantitative estimate of drug-likeness (QED) is 0.699. The van der Waals surface area contributed by atoms with Crippen LogP contribution in [0.25, 0.3) is 0 Å². The van der Waals surface area contributed by atoms with Crippen LogP contribution in [0.1, 0.15) is 22.8 Å². The van der Waals surface area contributed by atoms with Crippen LogP contribution >= 0.6 is 47.0 Å². The highest BCUT2D eigenvalue weighted by atomic mass is 35.5. The molecule has 7 heteroatoms. The molecule has 2 aromatic carbocycles. The number of hydrogen-bond acceptors (Lipinski definition) is 2. The first-order valence-corrected chi connectivity index (χ1v) is 8.30. The Morgan fingerprint density at radius 1 is 1.09 bits per heavy atom. The Labute approximate surface area is 154 Å². The van der Waals surface area contributed by atoms with E-state index >= 15 is 0 Å². The summed E-state index contributed by atoms with van der Waals surface area (Å²) in [6, 6.07) is 10.4. The van der Waals surface area contributed by atoms with Gasteiger partial charge in [-0.3, -0.25) is 10.1 Å². The molecule has 2 N–H and O–H groups in total. The summed E-state index contributed by atoms with van der Waals surface area (Å²) in [4.78, 5) is 12.1. The Hall–Kier alpha value is -1.33. The van der Waals surface area contributed by atoms with Crippen LogP contribution < -0.4 is 10.6 Å². The van der Waals surface area contributed by atoms with Gasteiger partial charge < -0.3 is 5.32 Å². The van der Waals surface area contributed by atoms with Crippen molar-refractivity contribution in [2.24, 2.45) is 0 Å². The van der Waals surface area contributed by atoms with Crippen molar-refractivity contribution >= 4 is 63.7 Å². The predicted molar refractivity (Wildman–Crippen MR) is 101 cm³/mol. The number of thiocarbonyl (C=S) groups is 1. The molecule has 0 aliphatic heterocycles. The van der Waals surface area contributed by atoms with E-state index in [-0.39, 0.29) is 11.0 Å². The maximum atomic E-state index is 12.1. The molecule has 0 saturated carbocycles. The summed E-state index contributed by atoms with van der Waals surface area (Å²) in [5.41, 5.74) is 2.06. The first kappa shape index (κ1) is 18.0. The van der Waals surface area contributed by atoms with Crippen molar-refractivity contribution in [2.75, 3.05) is 5.32 Å². The summed E-state index contributed by atoms with van der Waals surface area (Å²) >= 11 is 23.1. The fourth-order valence-corrected chi connectivity index (χ4v) is 2.98. The second-order valence-electron chi connectivity index (χ2n) is 4.70. The van der Waals surface area contributed by atoms with E-state index in [9.17, 15) is 4.79 Å². The van der Waals surface area contributed by atoms with Crippen molar-refractivity contribution in [2.45, 2.75) is 13.3 Å². The van der Waals surface area contributed by atoms with Crippen molar-refractivity contribution in [3.63, 3.8) is 0 Å². The van der Waals surface area contributed by atoms with E-state index in [1.165, 1.54) is 12.1 Å². The van der Waals surface area contributed by atoms with Crippen LogP contribution in [0.15, 0.2) is 36.4 Å². The molecular weight excluding hydrogens is 375 g/mol. The largest absolute Gasteiger partial charge is 0.330 e. The van der Waals surface area contributed by atoms with Crippen LogP contribution in [0.3, 0.4) is 0 Å². The lowest BCUT2D eigenvalue weighted by atomic mass is 10.1. The molecule has 0 saturated heterocycles. The minimum absolute atomic E-state index is 0.0979. The average Bonchev–Trinajstić information content (AvgIpc) is 2.51. The number of amides is 1. The minimum atomic E-state index is -0.314. The molecule has 0 aliphatic rings. The van der Waals surface area contributed by atoms with Crippen molar-refractivity contribution in [1.82, 2.24) is 5.32 Å². The third-order valence-corrected chi connectivity index (χ3v) is 4.12. The van der Waals surface area contributed by atoms with Gasteiger partial charge in [0.25, 0.3) is 5.91 Å². The third kappa shape index (κ3) is 4.82. The van der Waals surface area contributed by atoms with Gasteiger partial charge >= 0.3 is 0 Å². The van der Waals surface area contributed by atoms with Gasteiger partial charge in [0.05, 0.1) is 15.7 Å². The number of carbonyl (C=O) groups excluding carboxylic acids is 1. The van der Waals surface area contributed by atoms with Gasteiger partial charge in [0.15, 0.2) is 5.11 Å². The number of nitrogens with one attached hydrogen (secondary N) is 2. The second-order valence-corrected chi connectivity index (χ2v) is 6.36. The van der Waals surface area contributed by atoms with E-state index in [1.807, 2.05) is 19.1 Å². The first-order valence-electron chi connectivity index (χ1n) is 6.76. The third-order valence-electron chi connectivity index (χ3n) is 3.10. The van der Waals surface area contributed by atoms with Crippen LogP contribution in [-0.4, -0.2) is 11.0 Å². The molecule has 0 unspecified atom stereocenters. The first-order chi connectivity index (χ1) is 10.9. The van der Waals surface area contributed by atoms with Gasteiger partial charge in [-0.15, -0.1) is 0 Å². The van der Waals surface area contributed by atoms with Gasteiger partial charge in [-0.2, -0.15) is 0 Å². The smallest absolute Gasteiger partial charge is 0.257 e. The summed E-state index contributed by atoms with van der Waals surface area (Å²) in [5.74, 6) is -0.314. The number of hydrogen-bond donors (Lipinski definition) is 2. The molecule has 0 radical (unpaired) electrons. The molecule has 120 valence electrons. The monoisotopic (exact) mass is 386 g/mol. The second kappa shape index (κ2) is 7.97. The lowest BCUT2D eigenvalue weighted by molar-refractivity contribution is 0.0977. The number of aryl methyl sites for hydroxylation is 1. The van der Waals surface area contributed by atoms with Crippen molar-refractivity contribution in [1.29, 1.82) is 0 Å². The van der Waals surface area contributed by atoms with Gasteiger partial charge in [0.2, 0.25) is 0 Å². The molecule has 0 bridgehead atoms. The number of rotatable bonds is 3. The minimum Gasteiger partial charge on any atom is -0.330 e. The molecule has 0 atom stereocenters. The zero-order valence-corrected chi connectivity index (χ0v) is 15.2. The standard InChI is InChI=1S/C16H13Cl3N2OS/c1-2-9-3-5-10(6-4-9)15(22)21-16(23)20-14-12(18)7-11(17)8-13(14)19/h3-8H,2H2,1H3,(H2,20,21,22,23). The maximum absolute atomic E-state index is 12.1. The predicted octanol–water partition coefficient (Wildman–Crippen LogP) is 5.34. The van der Waals surface area contributed by atoms with Crippen LogP contribution in [0.4, 0.5) is 5.69 Å². The van der Waals surface area contributed by atoms with E-state index in [4.69, 9.17) is 47.0 Å². The van der Waals surface area contributed by atoms with Gasteiger partial charge in [-0.05, 0) is 48.5 Å². The molecule has 0 aliphatic carbocycles. The number of anilines is 1. The molecule has 2 aromatic rings. The highest BCUT2D eigenvalue weighted by Gasteiger charge is 2.12. The Morgan fingerprint density at radius 3 is 2.17 bits per heavy atom. The fourth-order valence-electron chi connectivity index (χ4n) is 1.87. The van der Waals surface area contributed by atoms with E-state index in [0.29, 0.717) is 26.3 Å². The van der Waals surface area contributed by atoms with Gasteiger partial charge in [-0.1, -0.05) is 53.9 Å². The normalized spacial score (nSPS) is 10.3. The van der Waals surface area contributed by atoms with Gasteiger partial charge in [0.1, 0.15) is 0 Å². The Bertz CT molecular complexity index is 724. The molecule has 3 nitrogen and oxygen atoms in total. The Kier molecular flexibility index (Phi) is 6.25. The highest BCUT2D eigenvalue weighted by molar-refractivity contribution is 7.80. The number of carbonyl (C=O) groups is 1. The molecule has 23 heavy (non-hydrogen) atoms. The van der Waals surface area contributed by atoms with Crippen molar-refractivity contribution < 1.29 is 4.79 Å². The topological polar surface area (TPSA) is 41.1 Å². The van der Waals surface area contributed by atoms with E-state index in [1.54, 1.807) is 12.1 Å². The SMILES string of the molecule is CCc1ccc(C(=O)NC(=S)Nc2c(Cl)cc(Cl)cc2Cl)cc1. The molecule has 0 fully saturated rings. The maximum Gasteiger partial charge on any atom is 0.257 e. The molecule has 0 heterocycles. The number of benzene rings is 2. The van der Waals surface area contributed by atoms with Crippen LogP contribution in [0.2, 0.25) is 15.1 Å². The highest BCUT2D eigenvalue weighted by Crippen LogP contribution is 2.33. The summed E-state index contributed by atoms with van der Waals surface area (Å²) in [6.07, 6.45) is 0.912. The lowest BCUT2D eigenvalue weighted by Crippen LogP contribution is -2.34. The molecule has 0 aromatic heterocycles.